The number of nitrogens with two attached hydrogens (primary N) is 1. The van der Waals surface area contributed by atoms with Crippen molar-refractivity contribution in [3.63, 3.8) is 0 Å². The molecule has 0 saturated carbocycles. The Morgan fingerprint density at radius 2 is 1.89 bits per heavy atom. The Bertz CT molecular complexity index is 336. The van der Waals surface area contributed by atoms with Gasteiger partial charge in [0.1, 0.15) is 0 Å². The van der Waals surface area contributed by atoms with Gasteiger partial charge in [-0.3, -0.25) is 4.90 Å². The lowest BCUT2D eigenvalue weighted by molar-refractivity contribution is 0.200. The predicted octanol–water partition coefficient (Wildman–Crippen LogP) is 3.21. The average molecular weight is 260 g/mol. The van der Waals surface area contributed by atoms with Crippen molar-refractivity contribution in [3.05, 3.63) is 35.9 Å². The Hall–Kier alpha value is -0.860. The fourth-order valence-electron chi connectivity index (χ4n) is 3.09. The lowest BCUT2D eigenvalue weighted by Crippen LogP contribution is -2.40. The summed E-state index contributed by atoms with van der Waals surface area (Å²) in [6, 6.07) is 11.5. The summed E-state index contributed by atoms with van der Waals surface area (Å²) in [7, 11) is 0. The molecule has 1 aliphatic heterocycles. The summed E-state index contributed by atoms with van der Waals surface area (Å²) < 4.78 is 0. The molecule has 1 aromatic carbocycles. The van der Waals surface area contributed by atoms with Crippen LogP contribution in [0.2, 0.25) is 0 Å². The van der Waals surface area contributed by atoms with E-state index in [9.17, 15) is 0 Å². The fourth-order valence-corrected chi connectivity index (χ4v) is 3.09. The van der Waals surface area contributed by atoms with E-state index in [1.807, 2.05) is 0 Å². The molecular weight excluding hydrogens is 232 g/mol. The van der Waals surface area contributed by atoms with Gasteiger partial charge < -0.3 is 5.73 Å². The summed E-state index contributed by atoms with van der Waals surface area (Å²) in [4.78, 5) is 2.64. The molecule has 1 saturated heterocycles. The molecule has 2 heteroatoms. The molecule has 19 heavy (non-hydrogen) atoms. The van der Waals surface area contributed by atoms with E-state index in [1.165, 1.54) is 63.6 Å². The van der Waals surface area contributed by atoms with Gasteiger partial charge in [-0.15, -0.1) is 0 Å². The number of hydrogen-bond donors (Lipinski definition) is 1. The van der Waals surface area contributed by atoms with Crippen LogP contribution < -0.4 is 5.73 Å². The molecule has 2 nitrogen and oxygen atoms in total. The van der Waals surface area contributed by atoms with Crippen LogP contribution in [0.15, 0.2) is 30.3 Å². The maximum atomic E-state index is 5.92. The maximum absolute atomic E-state index is 5.92. The van der Waals surface area contributed by atoms with Crippen molar-refractivity contribution in [2.24, 2.45) is 5.73 Å². The van der Waals surface area contributed by atoms with Crippen LogP contribution in [-0.2, 0) is 6.42 Å². The molecule has 106 valence electrons. The van der Waals surface area contributed by atoms with E-state index in [0.29, 0.717) is 6.04 Å². The summed E-state index contributed by atoms with van der Waals surface area (Å²) in [5.74, 6) is 0. The highest BCUT2D eigenvalue weighted by Gasteiger charge is 2.18. The number of hydrogen-bond acceptors (Lipinski definition) is 2. The molecule has 1 aliphatic rings. The highest BCUT2D eigenvalue weighted by atomic mass is 15.2. The molecule has 2 N–H and O–H groups in total. The minimum absolute atomic E-state index is 0.638. The topological polar surface area (TPSA) is 29.3 Å². The van der Waals surface area contributed by atoms with Gasteiger partial charge in [-0.1, -0.05) is 43.2 Å². The normalized spacial score (nSPS) is 21.2. The summed E-state index contributed by atoms with van der Waals surface area (Å²) in [6.45, 7) is 3.32. The molecule has 0 aliphatic carbocycles. The molecule has 1 unspecified atom stereocenters. The summed E-state index contributed by atoms with van der Waals surface area (Å²) in [6.07, 6.45) is 9.20. The quantitative estimate of drug-likeness (QED) is 0.796. The van der Waals surface area contributed by atoms with E-state index in [4.69, 9.17) is 5.73 Å². The summed E-state index contributed by atoms with van der Waals surface area (Å²) >= 11 is 0. The van der Waals surface area contributed by atoms with Gasteiger partial charge in [0.25, 0.3) is 0 Å². The Balaban J connectivity index is 1.69. The largest absolute Gasteiger partial charge is 0.329 e. The van der Waals surface area contributed by atoms with E-state index in [0.717, 1.165) is 6.54 Å². The number of nitrogens with zero attached hydrogens (tertiary/aromatic N) is 1. The molecule has 0 bridgehead atoms. The lowest BCUT2D eigenvalue weighted by Gasteiger charge is -2.28. The van der Waals surface area contributed by atoms with E-state index < -0.39 is 0 Å². The number of unbranched alkanes of at least 4 members (excludes halogenated alkanes) is 1. The highest BCUT2D eigenvalue weighted by Crippen LogP contribution is 2.17. The van der Waals surface area contributed by atoms with Crippen molar-refractivity contribution >= 4 is 0 Å². The zero-order valence-corrected chi connectivity index (χ0v) is 12.1. The van der Waals surface area contributed by atoms with Gasteiger partial charge >= 0.3 is 0 Å². The number of rotatable bonds is 6. The maximum Gasteiger partial charge on any atom is 0.0218 e. The van der Waals surface area contributed by atoms with Gasteiger partial charge in [0.2, 0.25) is 0 Å². The fraction of sp³-hybridized carbons (Fsp3) is 0.647. The molecule has 1 fully saturated rings. The van der Waals surface area contributed by atoms with Crippen molar-refractivity contribution in [1.82, 2.24) is 4.90 Å². The first-order chi connectivity index (χ1) is 9.40. The Morgan fingerprint density at radius 1 is 1.05 bits per heavy atom. The second-order valence-electron chi connectivity index (χ2n) is 5.72. The summed E-state index contributed by atoms with van der Waals surface area (Å²) in [5, 5.41) is 0. The lowest BCUT2D eigenvalue weighted by atomic mass is 10.1. The van der Waals surface area contributed by atoms with Gasteiger partial charge in [-0.05, 0) is 50.8 Å². The van der Waals surface area contributed by atoms with Crippen LogP contribution in [0.4, 0.5) is 0 Å². The first kappa shape index (κ1) is 14.5. The molecule has 1 heterocycles. The monoisotopic (exact) mass is 260 g/mol. The number of aryl methyl sites for hydroxylation is 1. The Morgan fingerprint density at radius 3 is 2.68 bits per heavy atom. The molecule has 1 aromatic rings. The highest BCUT2D eigenvalue weighted by molar-refractivity contribution is 5.14. The summed E-state index contributed by atoms with van der Waals surface area (Å²) in [5.41, 5.74) is 7.38. The Labute approximate surface area is 118 Å². The SMILES string of the molecule is NCC1CCCCCN1CCCCc1ccccc1. The third-order valence-corrected chi connectivity index (χ3v) is 4.27. The van der Waals surface area contributed by atoms with Gasteiger partial charge in [0.15, 0.2) is 0 Å². The number of benzene rings is 1. The third-order valence-electron chi connectivity index (χ3n) is 4.27. The molecule has 2 rings (SSSR count). The second-order valence-corrected chi connectivity index (χ2v) is 5.72. The van der Waals surface area contributed by atoms with Crippen molar-refractivity contribution in [1.29, 1.82) is 0 Å². The minimum atomic E-state index is 0.638. The molecule has 0 spiro atoms. The Kier molecular flexibility index (Phi) is 6.38. The standard InChI is InChI=1S/C17H28N2/c18-15-17-12-5-2-7-13-19(17)14-8-6-11-16-9-3-1-4-10-16/h1,3-4,9-10,17H,2,5-8,11-15,18H2. The van der Waals surface area contributed by atoms with Gasteiger partial charge in [0.05, 0.1) is 0 Å². The van der Waals surface area contributed by atoms with Crippen LogP contribution >= 0.6 is 0 Å². The van der Waals surface area contributed by atoms with E-state index in [2.05, 4.69) is 35.2 Å². The van der Waals surface area contributed by atoms with Crippen LogP contribution in [0.3, 0.4) is 0 Å². The average Bonchev–Trinajstić information content (AvgIpc) is 2.69. The van der Waals surface area contributed by atoms with Crippen molar-refractivity contribution < 1.29 is 0 Å². The van der Waals surface area contributed by atoms with E-state index in [1.54, 1.807) is 0 Å². The molecule has 1 atom stereocenters. The molecule has 0 amide bonds. The van der Waals surface area contributed by atoms with Crippen LogP contribution in [0.5, 0.6) is 0 Å². The van der Waals surface area contributed by atoms with Crippen molar-refractivity contribution in [2.45, 2.75) is 51.0 Å². The zero-order valence-electron chi connectivity index (χ0n) is 12.1. The minimum Gasteiger partial charge on any atom is -0.329 e. The number of likely N-dealkylation sites (tertiary alicyclic amines) is 1. The van der Waals surface area contributed by atoms with Gasteiger partial charge in [0, 0.05) is 12.6 Å². The molecule has 0 radical (unpaired) electrons. The first-order valence-corrected chi connectivity index (χ1v) is 7.88. The van der Waals surface area contributed by atoms with Crippen LogP contribution in [-0.4, -0.2) is 30.6 Å². The molecule has 0 aromatic heterocycles. The second kappa shape index (κ2) is 8.34. The smallest absolute Gasteiger partial charge is 0.0218 e. The first-order valence-electron chi connectivity index (χ1n) is 7.88. The van der Waals surface area contributed by atoms with Crippen molar-refractivity contribution in [3.8, 4) is 0 Å². The van der Waals surface area contributed by atoms with Gasteiger partial charge in [-0.2, -0.15) is 0 Å². The zero-order chi connectivity index (χ0) is 13.3. The van der Waals surface area contributed by atoms with Gasteiger partial charge in [-0.25, -0.2) is 0 Å². The van der Waals surface area contributed by atoms with Crippen LogP contribution in [0.1, 0.15) is 44.1 Å². The third kappa shape index (κ3) is 4.96. The van der Waals surface area contributed by atoms with Crippen LogP contribution in [0, 0.1) is 0 Å². The van der Waals surface area contributed by atoms with Crippen LogP contribution in [0.25, 0.3) is 0 Å². The molecular formula is C17H28N2. The van der Waals surface area contributed by atoms with Crippen molar-refractivity contribution in [2.75, 3.05) is 19.6 Å². The predicted molar refractivity (Wildman–Crippen MR) is 82.3 cm³/mol. The van der Waals surface area contributed by atoms with E-state index >= 15 is 0 Å². The van der Waals surface area contributed by atoms with E-state index in [-0.39, 0.29) is 0 Å².